The fraction of sp³-hybridized carbons (Fsp3) is 0.0741. The molecule has 0 unspecified atom stereocenters. The van der Waals surface area contributed by atoms with Gasteiger partial charge in [-0.25, -0.2) is 4.98 Å². The van der Waals surface area contributed by atoms with Crippen LogP contribution in [0, 0.1) is 13.8 Å². The predicted molar refractivity (Wildman–Crippen MR) is 148 cm³/mol. The quantitative estimate of drug-likeness (QED) is 0.229. The molecule has 5 rings (SSSR count). The second-order valence-corrected chi connectivity index (χ2v) is 9.36. The molecule has 3 heterocycles. The van der Waals surface area contributed by atoms with Crippen LogP contribution < -0.4 is 21.1 Å². The molecule has 10 heteroatoms. The summed E-state index contributed by atoms with van der Waals surface area (Å²) in [6, 6.07) is 17.6. The molecule has 0 bridgehead atoms. The van der Waals surface area contributed by atoms with Gasteiger partial charge < -0.3 is 5.32 Å². The van der Waals surface area contributed by atoms with E-state index in [-0.39, 0.29) is 22.1 Å². The Morgan fingerprint density at radius 3 is 2.32 bits per heavy atom. The van der Waals surface area contributed by atoms with Crippen LogP contribution in [0.5, 0.6) is 0 Å². The highest BCUT2D eigenvalue weighted by atomic mass is 35.5. The highest BCUT2D eigenvalue weighted by molar-refractivity contribution is 7.80. The summed E-state index contributed by atoms with van der Waals surface area (Å²) in [6.45, 7) is 3.82. The maximum absolute atomic E-state index is 13.6. The Bertz CT molecular complexity index is 1680. The van der Waals surface area contributed by atoms with Crippen LogP contribution in [-0.4, -0.2) is 26.3 Å². The first-order chi connectivity index (χ1) is 17.7. The second-order valence-electron chi connectivity index (χ2n) is 8.54. The zero-order chi connectivity index (χ0) is 26.3. The van der Waals surface area contributed by atoms with Gasteiger partial charge in [-0.3, -0.25) is 29.0 Å². The van der Waals surface area contributed by atoms with Crippen molar-refractivity contribution in [3.63, 3.8) is 0 Å². The molecule has 1 aliphatic rings. The highest BCUT2D eigenvalue weighted by Gasteiger charge is 2.35. The average molecular weight is 530 g/mol. The van der Waals surface area contributed by atoms with Crippen LogP contribution in [0.15, 0.2) is 77.2 Å². The molecule has 0 aliphatic carbocycles. The third-order valence-electron chi connectivity index (χ3n) is 5.80. The number of carbonyl (C=O) groups excluding carboxylic acids is 2. The van der Waals surface area contributed by atoms with Gasteiger partial charge in [-0.2, -0.15) is 0 Å². The third kappa shape index (κ3) is 4.74. The number of hydrogen-bond acceptors (Lipinski definition) is 6. The van der Waals surface area contributed by atoms with Crippen molar-refractivity contribution in [2.75, 3.05) is 10.2 Å². The summed E-state index contributed by atoms with van der Waals surface area (Å²) < 4.78 is 1.38. The molecule has 4 aromatic rings. The van der Waals surface area contributed by atoms with E-state index in [9.17, 15) is 14.4 Å². The predicted octanol–water partition coefficient (Wildman–Crippen LogP) is 4.54. The lowest BCUT2D eigenvalue weighted by molar-refractivity contribution is -0.122. The molecule has 0 spiro atoms. The van der Waals surface area contributed by atoms with Gasteiger partial charge in [0.2, 0.25) is 0 Å². The number of nitrogens with one attached hydrogen (secondary N) is 2. The van der Waals surface area contributed by atoms with Gasteiger partial charge in [0.15, 0.2) is 5.11 Å². The van der Waals surface area contributed by atoms with E-state index < -0.39 is 17.4 Å². The number of amides is 2. The maximum atomic E-state index is 13.6. The lowest BCUT2D eigenvalue weighted by atomic mass is 10.1. The number of fused-ring (bicyclic) bond motifs is 1. The summed E-state index contributed by atoms with van der Waals surface area (Å²) in [7, 11) is 0. The van der Waals surface area contributed by atoms with Crippen molar-refractivity contribution >= 4 is 69.7 Å². The molecule has 0 radical (unpaired) electrons. The van der Waals surface area contributed by atoms with Gasteiger partial charge in [-0.05, 0) is 80.2 Å². The van der Waals surface area contributed by atoms with Crippen LogP contribution in [0.4, 0.5) is 17.2 Å². The summed E-state index contributed by atoms with van der Waals surface area (Å²) in [5, 5.41) is 6.10. The van der Waals surface area contributed by atoms with Gasteiger partial charge in [0.1, 0.15) is 17.0 Å². The number of rotatable bonds is 4. The van der Waals surface area contributed by atoms with Crippen molar-refractivity contribution in [3.8, 4) is 0 Å². The van der Waals surface area contributed by atoms with Crippen molar-refractivity contribution in [2.45, 2.75) is 13.8 Å². The fourth-order valence-electron chi connectivity index (χ4n) is 3.88. The van der Waals surface area contributed by atoms with Crippen molar-refractivity contribution in [3.05, 3.63) is 105 Å². The monoisotopic (exact) mass is 529 g/mol. The Morgan fingerprint density at radius 1 is 0.946 bits per heavy atom. The van der Waals surface area contributed by atoms with Crippen LogP contribution in [-0.2, 0) is 9.59 Å². The van der Waals surface area contributed by atoms with E-state index in [2.05, 4.69) is 15.6 Å². The second kappa shape index (κ2) is 9.61. The smallest absolute Gasteiger partial charge is 0.270 e. The number of halogens is 1. The average Bonchev–Trinajstić information content (AvgIpc) is 2.86. The fourth-order valence-corrected chi connectivity index (χ4v) is 4.29. The lowest BCUT2D eigenvalue weighted by Crippen LogP contribution is -2.54. The molecule has 8 nitrogen and oxygen atoms in total. The number of carbonyl (C=O) groups is 2. The van der Waals surface area contributed by atoms with Crippen molar-refractivity contribution < 1.29 is 9.59 Å². The Labute approximate surface area is 222 Å². The van der Waals surface area contributed by atoms with E-state index in [1.54, 1.807) is 36.5 Å². The lowest BCUT2D eigenvalue weighted by Gasteiger charge is -2.29. The summed E-state index contributed by atoms with van der Waals surface area (Å²) in [6.07, 6.45) is 2.91. The molecule has 2 aromatic carbocycles. The highest BCUT2D eigenvalue weighted by Crippen LogP contribution is 2.25. The van der Waals surface area contributed by atoms with E-state index in [1.165, 1.54) is 15.4 Å². The molecule has 1 aliphatic heterocycles. The van der Waals surface area contributed by atoms with E-state index in [0.29, 0.717) is 22.0 Å². The molecule has 0 saturated carbocycles. The number of aryl methyl sites for hydroxylation is 2. The number of pyridine rings is 1. The van der Waals surface area contributed by atoms with Crippen LogP contribution in [0.3, 0.4) is 0 Å². The van der Waals surface area contributed by atoms with Crippen LogP contribution in [0.2, 0.25) is 5.02 Å². The Morgan fingerprint density at radius 2 is 1.62 bits per heavy atom. The zero-order valence-electron chi connectivity index (χ0n) is 19.8. The summed E-state index contributed by atoms with van der Waals surface area (Å²) in [4.78, 5) is 45.8. The molecule has 2 amide bonds. The molecule has 1 saturated heterocycles. The standard InChI is InChI=1S/C27H20ClN5O3S/c1-15-3-8-18(9-4-15)29-23-20(25(35)32-14-16(2)5-12-22(32)30-23)13-21-24(34)31-27(37)33(26(21)36)19-10-6-17(28)7-11-19/h3-14,29H,1-2H3,(H,31,34,37). The molecular weight excluding hydrogens is 510 g/mol. The van der Waals surface area contributed by atoms with Crippen molar-refractivity contribution in [2.24, 2.45) is 0 Å². The molecule has 184 valence electrons. The van der Waals surface area contributed by atoms with Crippen molar-refractivity contribution in [1.82, 2.24) is 14.7 Å². The molecule has 0 atom stereocenters. The number of aromatic nitrogens is 2. The maximum Gasteiger partial charge on any atom is 0.270 e. The first kappa shape index (κ1) is 24.4. The third-order valence-corrected chi connectivity index (χ3v) is 6.33. The van der Waals surface area contributed by atoms with Crippen LogP contribution in [0.1, 0.15) is 16.7 Å². The molecule has 1 fully saturated rings. The van der Waals surface area contributed by atoms with Crippen LogP contribution in [0.25, 0.3) is 11.7 Å². The minimum Gasteiger partial charge on any atom is -0.339 e. The number of anilines is 3. The molecule has 2 N–H and O–H groups in total. The number of nitrogens with zero attached hydrogens (tertiary/aromatic N) is 3. The zero-order valence-corrected chi connectivity index (χ0v) is 21.4. The first-order valence-electron chi connectivity index (χ1n) is 11.2. The van der Waals surface area contributed by atoms with Gasteiger partial charge >= 0.3 is 0 Å². The van der Waals surface area contributed by atoms with E-state index >= 15 is 0 Å². The van der Waals surface area contributed by atoms with Gasteiger partial charge in [0.05, 0.1) is 11.3 Å². The van der Waals surface area contributed by atoms with Gasteiger partial charge in [-0.15, -0.1) is 0 Å². The summed E-state index contributed by atoms with van der Waals surface area (Å²) >= 11 is 11.2. The van der Waals surface area contributed by atoms with Gasteiger partial charge in [0, 0.05) is 16.9 Å². The minimum absolute atomic E-state index is 0.0473. The normalized spacial score (nSPS) is 14.8. The van der Waals surface area contributed by atoms with Gasteiger partial charge in [0.25, 0.3) is 17.4 Å². The van der Waals surface area contributed by atoms with Gasteiger partial charge in [-0.1, -0.05) is 35.4 Å². The molecular formula is C27H20ClN5O3S. The SMILES string of the molecule is Cc1ccc(Nc2nc3ccc(C)cn3c(=O)c2C=C2C(=O)NC(=S)N(c3ccc(Cl)cc3)C2=O)cc1. The number of thiocarbonyl (C=S) groups is 1. The summed E-state index contributed by atoms with van der Waals surface area (Å²) in [5.41, 5.74) is 2.79. The van der Waals surface area contributed by atoms with E-state index in [1.807, 2.05) is 44.2 Å². The minimum atomic E-state index is -0.713. The summed E-state index contributed by atoms with van der Waals surface area (Å²) in [5.74, 6) is -1.18. The molecule has 37 heavy (non-hydrogen) atoms. The number of hydrogen-bond donors (Lipinski definition) is 2. The molecule has 2 aromatic heterocycles. The Balaban J connectivity index is 1.67. The topological polar surface area (TPSA) is 95.8 Å². The Hall–Kier alpha value is -4.34. The van der Waals surface area contributed by atoms with Crippen molar-refractivity contribution in [1.29, 1.82) is 0 Å². The largest absolute Gasteiger partial charge is 0.339 e. The van der Waals surface area contributed by atoms with Crippen LogP contribution >= 0.6 is 23.8 Å². The van der Waals surface area contributed by atoms with E-state index in [4.69, 9.17) is 23.8 Å². The number of benzene rings is 2. The van der Waals surface area contributed by atoms with E-state index in [0.717, 1.165) is 11.1 Å². The Kier molecular flexibility index (Phi) is 6.32. The first-order valence-corrected chi connectivity index (χ1v) is 12.0.